The number of anilines is 1. The Balaban J connectivity index is 2.20. The fourth-order valence-corrected chi connectivity index (χ4v) is 4.82. The number of hydrogen-bond acceptors (Lipinski definition) is 5. The van der Waals surface area contributed by atoms with Gasteiger partial charge in [0.1, 0.15) is 11.8 Å². The van der Waals surface area contributed by atoms with Crippen LogP contribution < -0.4 is 14.4 Å². The summed E-state index contributed by atoms with van der Waals surface area (Å²) in [6.45, 7) is 4.28. The number of carbonyl (C=O) groups is 2. The zero-order chi connectivity index (χ0) is 25.3. The molecule has 8 nitrogen and oxygen atoms in total. The van der Waals surface area contributed by atoms with Crippen LogP contribution in [0.2, 0.25) is 0 Å². The third-order valence-corrected chi connectivity index (χ3v) is 6.76. The number of sulfonamides is 1. The summed E-state index contributed by atoms with van der Waals surface area (Å²) in [6.07, 6.45) is 2.01. The van der Waals surface area contributed by atoms with E-state index in [0.717, 1.165) is 17.4 Å². The van der Waals surface area contributed by atoms with Gasteiger partial charge in [-0.15, -0.1) is 0 Å². The SMILES string of the molecule is CCC(C(=O)NC)N(Cc1cccc(C)c1)C(=O)CCCN(c1cccc(OC)c1)S(C)(=O)=O. The van der Waals surface area contributed by atoms with Gasteiger partial charge < -0.3 is 15.0 Å². The lowest BCUT2D eigenvalue weighted by Gasteiger charge is -2.31. The van der Waals surface area contributed by atoms with Crippen molar-refractivity contribution in [2.24, 2.45) is 0 Å². The first-order valence-electron chi connectivity index (χ1n) is 11.3. The highest BCUT2D eigenvalue weighted by Gasteiger charge is 2.28. The van der Waals surface area contributed by atoms with Crippen LogP contribution in [0.3, 0.4) is 0 Å². The summed E-state index contributed by atoms with van der Waals surface area (Å²) in [7, 11) is -0.494. The molecule has 0 spiro atoms. The Kier molecular flexibility index (Phi) is 9.92. The van der Waals surface area contributed by atoms with Gasteiger partial charge in [-0.1, -0.05) is 42.8 Å². The smallest absolute Gasteiger partial charge is 0.242 e. The summed E-state index contributed by atoms with van der Waals surface area (Å²) in [5, 5.41) is 2.64. The molecule has 1 N–H and O–H groups in total. The highest BCUT2D eigenvalue weighted by molar-refractivity contribution is 7.92. The Morgan fingerprint density at radius 1 is 1.12 bits per heavy atom. The number of nitrogens with zero attached hydrogens (tertiary/aromatic N) is 2. The third kappa shape index (κ3) is 7.48. The molecule has 0 saturated heterocycles. The molecule has 2 aromatic carbocycles. The zero-order valence-electron chi connectivity index (χ0n) is 20.6. The van der Waals surface area contributed by atoms with Gasteiger partial charge in [0.15, 0.2) is 0 Å². The van der Waals surface area contributed by atoms with E-state index in [1.54, 1.807) is 36.2 Å². The maximum absolute atomic E-state index is 13.3. The molecule has 0 aliphatic rings. The second kappa shape index (κ2) is 12.4. The van der Waals surface area contributed by atoms with Gasteiger partial charge in [-0.2, -0.15) is 0 Å². The Hall–Kier alpha value is -3.07. The Labute approximate surface area is 202 Å². The van der Waals surface area contributed by atoms with Gasteiger partial charge in [0.25, 0.3) is 0 Å². The van der Waals surface area contributed by atoms with Crippen molar-refractivity contribution in [2.45, 2.75) is 45.7 Å². The molecule has 0 aliphatic carbocycles. The lowest BCUT2D eigenvalue weighted by atomic mass is 10.1. The molecule has 0 heterocycles. The molecule has 186 valence electrons. The predicted molar refractivity (Wildman–Crippen MR) is 134 cm³/mol. The summed E-state index contributed by atoms with van der Waals surface area (Å²) in [6, 6.07) is 14.0. The minimum atomic E-state index is -3.56. The summed E-state index contributed by atoms with van der Waals surface area (Å²) >= 11 is 0. The summed E-state index contributed by atoms with van der Waals surface area (Å²) < 4.78 is 31.3. The number of nitrogens with one attached hydrogen (secondary N) is 1. The Morgan fingerprint density at radius 2 is 1.82 bits per heavy atom. The molecular formula is C25H35N3O5S. The summed E-state index contributed by atoms with van der Waals surface area (Å²) in [5.74, 6) is 0.122. The normalized spacial score (nSPS) is 12.0. The zero-order valence-corrected chi connectivity index (χ0v) is 21.4. The van der Waals surface area contributed by atoms with E-state index >= 15 is 0 Å². The van der Waals surface area contributed by atoms with Crippen LogP contribution in [0.25, 0.3) is 0 Å². The number of ether oxygens (including phenoxy) is 1. The predicted octanol–water partition coefficient (Wildman–Crippen LogP) is 3.10. The molecule has 1 unspecified atom stereocenters. The first kappa shape index (κ1) is 27.2. The summed E-state index contributed by atoms with van der Waals surface area (Å²) in [4.78, 5) is 27.4. The maximum atomic E-state index is 13.3. The average molecular weight is 490 g/mol. The highest BCUT2D eigenvalue weighted by Crippen LogP contribution is 2.24. The van der Waals surface area contributed by atoms with E-state index in [1.807, 2.05) is 38.1 Å². The van der Waals surface area contributed by atoms with E-state index in [-0.39, 0.29) is 24.8 Å². The maximum Gasteiger partial charge on any atom is 0.242 e. The number of hydrogen-bond donors (Lipinski definition) is 1. The molecule has 1 atom stereocenters. The van der Waals surface area contributed by atoms with Gasteiger partial charge in [0, 0.05) is 32.6 Å². The van der Waals surface area contributed by atoms with Gasteiger partial charge in [-0.05, 0) is 37.5 Å². The van der Waals surface area contributed by atoms with E-state index in [0.29, 0.717) is 30.8 Å². The van der Waals surface area contributed by atoms with Crippen molar-refractivity contribution in [1.29, 1.82) is 0 Å². The van der Waals surface area contributed by atoms with Crippen LogP contribution in [0.4, 0.5) is 5.69 Å². The van der Waals surface area contributed by atoms with Crippen molar-refractivity contribution in [1.82, 2.24) is 10.2 Å². The first-order valence-corrected chi connectivity index (χ1v) is 13.1. The van der Waals surface area contributed by atoms with Gasteiger partial charge in [0.2, 0.25) is 21.8 Å². The summed E-state index contributed by atoms with van der Waals surface area (Å²) in [5.41, 5.74) is 2.48. The van der Waals surface area contributed by atoms with E-state index < -0.39 is 16.1 Å². The van der Waals surface area contributed by atoms with Crippen molar-refractivity contribution in [2.75, 3.05) is 31.3 Å². The quantitative estimate of drug-likeness (QED) is 0.494. The second-order valence-electron chi connectivity index (χ2n) is 8.19. The number of methoxy groups -OCH3 is 1. The monoisotopic (exact) mass is 489 g/mol. The molecule has 0 bridgehead atoms. The number of benzene rings is 2. The van der Waals surface area contributed by atoms with Crippen LogP contribution in [-0.4, -0.2) is 58.1 Å². The molecule has 2 amide bonds. The Morgan fingerprint density at radius 3 is 2.41 bits per heavy atom. The van der Waals surface area contributed by atoms with Crippen LogP contribution in [0.1, 0.15) is 37.3 Å². The number of aryl methyl sites for hydroxylation is 1. The highest BCUT2D eigenvalue weighted by atomic mass is 32.2. The van der Waals surface area contributed by atoms with E-state index in [4.69, 9.17) is 4.74 Å². The van der Waals surface area contributed by atoms with Gasteiger partial charge in [-0.3, -0.25) is 13.9 Å². The third-order valence-electron chi connectivity index (χ3n) is 5.56. The molecule has 34 heavy (non-hydrogen) atoms. The Bertz CT molecular complexity index is 1090. The molecule has 0 fully saturated rings. The lowest BCUT2D eigenvalue weighted by molar-refractivity contribution is -0.141. The van der Waals surface area contributed by atoms with E-state index in [2.05, 4.69) is 5.32 Å². The molecule has 0 saturated carbocycles. The molecule has 9 heteroatoms. The van der Waals surface area contributed by atoms with Crippen molar-refractivity contribution in [3.8, 4) is 5.75 Å². The van der Waals surface area contributed by atoms with Gasteiger partial charge in [0.05, 0.1) is 19.1 Å². The standard InChI is InChI=1S/C25H35N3O5S/c1-6-23(25(30)26-3)27(18-20-11-7-10-19(2)16-20)24(29)14-9-15-28(34(5,31)32)21-12-8-13-22(17-21)33-4/h7-8,10-13,16-17,23H,6,9,14-15,18H2,1-5H3,(H,26,30). The van der Waals surface area contributed by atoms with Crippen molar-refractivity contribution in [3.63, 3.8) is 0 Å². The second-order valence-corrected chi connectivity index (χ2v) is 10.1. The fourth-order valence-electron chi connectivity index (χ4n) is 3.86. The largest absolute Gasteiger partial charge is 0.497 e. The molecule has 0 aliphatic heterocycles. The number of amides is 2. The van der Waals surface area contributed by atoms with Crippen molar-refractivity contribution < 1.29 is 22.7 Å². The molecular weight excluding hydrogens is 454 g/mol. The van der Waals surface area contributed by atoms with Crippen molar-refractivity contribution in [3.05, 3.63) is 59.7 Å². The van der Waals surface area contributed by atoms with Crippen LogP contribution in [0.5, 0.6) is 5.75 Å². The minimum Gasteiger partial charge on any atom is -0.497 e. The first-order chi connectivity index (χ1) is 16.1. The van der Waals surface area contributed by atoms with E-state index in [9.17, 15) is 18.0 Å². The van der Waals surface area contributed by atoms with Crippen molar-refractivity contribution >= 4 is 27.5 Å². The average Bonchev–Trinajstić information content (AvgIpc) is 2.80. The van der Waals surface area contributed by atoms with E-state index in [1.165, 1.54) is 11.4 Å². The number of likely N-dealkylation sites (N-methyl/N-ethyl adjacent to an activating group) is 1. The van der Waals surface area contributed by atoms with Crippen LogP contribution >= 0.6 is 0 Å². The minimum absolute atomic E-state index is 0.106. The molecule has 0 radical (unpaired) electrons. The van der Waals surface area contributed by atoms with Crippen LogP contribution in [0.15, 0.2) is 48.5 Å². The van der Waals surface area contributed by atoms with Gasteiger partial charge in [-0.25, -0.2) is 8.42 Å². The lowest BCUT2D eigenvalue weighted by Crippen LogP contribution is -2.48. The molecule has 2 aromatic rings. The number of carbonyl (C=O) groups excluding carboxylic acids is 2. The topological polar surface area (TPSA) is 96.0 Å². The van der Waals surface area contributed by atoms with Gasteiger partial charge >= 0.3 is 0 Å². The molecule has 0 aromatic heterocycles. The van der Waals surface area contributed by atoms with Crippen LogP contribution in [-0.2, 0) is 26.2 Å². The fraction of sp³-hybridized carbons (Fsp3) is 0.440. The van der Waals surface area contributed by atoms with Crippen LogP contribution in [0, 0.1) is 6.92 Å². The molecule has 2 rings (SSSR count). The number of rotatable bonds is 12.